The van der Waals surface area contributed by atoms with Gasteiger partial charge in [-0.2, -0.15) is 5.10 Å². The van der Waals surface area contributed by atoms with Gasteiger partial charge in [0.2, 0.25) is 0 Å². The summed E-state index contributed by atoms with van der Waals surface area (Å²) < 4.78 is 0. The fourth-order valence-electron chi connectivity index (χ4n) is 2.72. The molecule has 0 amide bonds. The number of aromatic nitrogens is 2. The van der Waals surface area contributed by atoms with Gasteiger partial charge in [-0.3, -0.25) is 0 Å². The number of allylic oxidation sites excluding steroid dienone is 1. The van der Waals surface area contributed by atoms with Crippen LogP contribution < -0.4 is 10.2 Å². The molecule has 2 aromatic rings. The Morgan fingerprint density at radius 3 is 2.62 bits per heavy atom. The van der Waals surface area contributed by atoms with Crippen molar-refractivity contribution in [2.45, 2.75) is 13.8 Å². The molecule has 0 spiro atoms. The monoisotopic (exact) mass is 302 g/mol. The van der Waals surface area contributed by atoms with E-state index in [-0.39, 0.29) is 0 Å². The van der Waals surface area contributed by atoms with Crippen LogP contribution >= 0.6 is 11.6 Å². The van der Waals surface area contributed by atoms with Crippen LogP contribution in [0, 0.1) is 6.92 Å². The van der Waals surface area contributed by atoms with Crippen molar-refractivity contribution in [3.8, 4) is 0 Å². The number of nitrogens with one attached hydrogen (secondary N) is 1. The number of hydrogen-bond donors (Lipinski definition) is 1. The van der Waals surface area contributed by atoms with Gasteiger partial charge in [-0.25, -0.2) is 0 Å². The molecule has 1 aromatic heterocycles. The molecule has 4 nitrogen and oxygen atoms in total. The lowest BCUT2D eigenvalue weighted by Crippen LogP contribution is -2.44. The van der Waals surface area contributed by atoms with Crippen molar-refractivity contribution in [3.63, 3.8) is 0 Å². The molecule has 0 unspecified atom stereocenters. The minimum absolute atomic E-state index is 0.721. The maximum absolute atomic E-state index is 6.42. The molecule has 1 N–H and O–H groups in total. The van der Waals surface area contributed by atoms with Crippen LogP contribution in [0.1, 0.15) is 18.2 Å². The lowest BCUT2D eigenvalue weighted by atomic mass is 10.0. The molecule has 1 fully saturated rings. The van der Waals surface area contributed by atoms with Crippen LogP contribution in [0.2, 0.25) is 5.02 Å². The van der Waals surface area contributed by atoms with E-state index in [9.17, 15) is 0 Å². The average Bonchev–Trinajstić information content (AvgIpc) is 2.47. The van der Waals surface area contributed by atoms with Gasteiger partial charge in [0.25, 0.3) is 0 Å². The van der Waals surface area contributed by atoms with E-state index in [1.54, 1.807) is 0 Å². The zero-order chi connectivity index (χ0) is 15.0. The van der Waals surface area contributed by atoms with E-state index in [1.165, 1.54) is 0 Å². The zero-order valence-corrected chi connectivity index (χ0v) is 13.2. The van der Waals surface area contributed by atoms with Gasteiger partial charge >= 0.3 is 0 Å². The number of anilines is 1. The van der Waals surface area contributed by atoms with Gasteiger partial charge in [0, 0.05) is 42.0 Å². The zero-order valence-electron chi connectivity index (χ0n) is 12.4. The van der Waals surface area contributed by atoms with Crippen LogP contribution in [0.4, 0.5) is 5.82 Å². The predicted molar refractivity (Wildman–Crippen MR) is 89.1 cm³/mol. The van der Waals surface area contributed by atoms with Gasteiger partial charge < -0.3 is 10.2 Å². The Balaban J connectivity index is 2.20. The fraction of sp³-hybridized carbons (Fsp3) is 0.375. The second-order valence-corrected chi connectivity index (χ2v) is 5.91. The minimum atomic E-state index is 0.721. The van der Waals surface area contributed by atoms with Crippen molar-refractivity contribution < 1.29 is 0 Å². The molecule has 0 aliphatic carbocycles. The van der Waals surface area contributed by atoms with Crippen LogP contribution in [0.15, 0.2) is 18.7 Å². The van der Waals surface area contributed by atoms with E-state index in [2.05, 4.69) is 33.1 Å². The SMILES string of the molecule is C=C(C)c1cc2c(C)nnc(N3CCNCC3)c2cc1Cl. The van der Waals surface area contributed by atoms with E-state index < -0.39 is 0 Å². The van der Waals surface area contributed by atoms with Gasteiger partial charge in [0.15, 0.2) is 5.82 Å². The maximum Gasteiger partial charge on any atom is 0.159 e. The molecule has 2 heterocycles. The summed E-state index contributed by atoms with van der Waals surface area (Å²) in [5, 5.41) is 15.0. The Kier molecular flexibility index (Phi) is 3.83. The summed E-state index contributed by atoms with van der Waals surface area (Å²) in [7, 11) is 0. The molecule has 3 rings (SSSR count). The van der Waals surface area contributed by atoms with E-state index in [4.69, 9.17) is 11.6 Å². The van der Waals surface area contributed by atoms with Crippen molar-refractivity contribution in [1.29, 1.82) is 0 Å². The number of hydrogen-bond acceptors (Lipinski definition) is 4. The maximum atomic E-state index is 6.42. The van der Waals surface area contributed by atoms with Crippen molar-refractivity contribution in [2.75, 3.05) is 31.1 Å². The molecule has 0 saturated carbocycles. The van der Waals surface area contributed by atoms with Crippen LogP contribution in [0.3, 0.4) is 0 Å². The second kappa shape index (κ2) is 5.62. The van der Waals surface area contributed by atoms with Gasteiger partial charge in [-0.1, -0.05) is 18.2 Å². The molecule has 1 aliphatic heterocycles. The summed E-state index contributed by atoms with van der Waals surface area (Å²) in [5.41, 5.74) is 2.86. The Morgan fingerprint density at radius 2 is 1.95 bits per heavy atom. The minimum Gasteiger partial charge on any atom is -0.352 e. The van der Waals surface area contributed by atoms with Gasteiger partial charge in [-0.15, -0.1) is 5.10 Å². The molecule has 0 radical (unpaired) electrons. The molecule has 1 saturated heterocycles. The number of rotatable bonds is 2. The lowest BCUT2D eigenvalue weighted by molar-refractivity contribution is 0.584. The van der Waals surface area contributed by atoms with Crippen molar-refractivity contribution in [1.82, 2.24) is 15.5 Å². The largest absolute Gasteiger partial charge is 0.352 e. The summed E-state index contributed by atoms with van der Waals surface area (Å²) in [4.78, 5) is 2.27. The quantitative estimate of drug-likeness (QED) is 0.926. The molecule has 0 atom stereocenters. The summed E-state index contributed by atoms with van der Waals surface area (Å²) in [6.45, 7) is 11.7. The molecule has 1 aliphatic rings. The normalized spacial score (nSPS) is 15.5. The number of fused-ring (bicyclic) bond motifs is 1. The molecule has 110 valence electrons. The number of piperazine rings is 1. The standard InChI is InChI=1S/C16H19ClN4/c1-10(2)12-8-13-11(3)19-20-16(14(13)9-15(12)17)21-6-4-18-5-7-21/h8-9,18H,1,4-7H2,2-3H3. The van der Waals surface area contributed by atoms with Crippen LogP contribution in [-0.4, -0.2) is 36.4 Å². The van der Waals surface area contributed by atoms with E-state index in [0.29, 0.717) is 0 Å². The summed E-state index contributed by atoms with van der Waals surface area (Å²) in [5.74, 6) is 0.923. The van der Waals surface area contributed by atoms with Gasteiger partial charge in [0.05, 0.1) is 5.69 Å². The third-order valence-electron chi connectivity index (χ3n) is 3.91. The van der Waals surface area contributed by atoms with Crippen molar-refractivity contribution in [2.24, 2.45) is 0 Å². The third kappa shape index (κ3) is 2.61. The predicted octanol–water partition coefficient (Wildman–Crippen LogP) is 3.03. The van der Waals surface area contributed by atoms with E-state index >= 15 is 0 Å². The van der Waals surface area contributed by atoms with E-state index in [0.717, 1.165) is 64.6 Å². The number of aryl methyl sites for hydroxylation is 1. The lowest BCUT2D eigenvalue weighted by Gasteiger charge is -2.29. The van der Waals surface area contributed by atoms with Crippen LogP contribution in [0.5, 0.6) is 0 Å². The highest BCUT2D eigenvalue weighted by Gasteiger charge is 2.18. The average molecular weight is 303 g/mol. The first-order valence-corrected chi connectivity index (χ1v) is 7.54. The molecule has 1 aromatic carbocycles. The van der Waals surface area contributed by atoms with Crippen molar-refractivity contribution >= 4 is 33.8 Å². The first-order chi connectivity index (χ1) is 10.1. The first kappa shape index (κ1) is 14.3. The molecule has 21 heavy (non-hydrogen) atoms. The van der Waals surface area contributed by atoms with Gasteiger partial charge in [-0.05, 0) is 37.1 Å². The Labute approximate surface area is 129 Å². The first-order valence-electron chi connectivity index (χ1n) is 7.16. The Bertz CT molecular complexity index is 705. The molecule has 0 bridgehead atoms. The van der Waals surface area contributed by atoms with Crippen molar-refractivity contribution in [3.05, 3.63) is 35.0 Å². The molecular formula is C16H19ClN4. The van der Waals surface area contributed by atoms with Crippen LogP contribution in [-0.2, 0) is 0 Å². The van der Waals surface area contributed by atoms with Gasteiger partial charge in [0.1, 0.15) is 0 Å². The topological polar surface area (TPSA) is 41.1 Å². The second-order valence-electron chi connectivity index (χ2n) is 5.50. The summed E-state index contributed by atoms with van der Waals surface area (Å²) in [6.07, 6.45) is 0. The number of nitrogens with zero attached hydrogens (tertiary/aromatic N) is 3. The van der Waals surface area contributed by atoms with Crippen LogP contribution in [0.25, 0.3) is 16.3 Å². The smallest absolute Gasteiger partial charge is 0.159 e. The highest BCUT2D eigenvalue weighted by Crippen LogP contribution is 2.33. The fourth-order valence-corrected chi connectivity index (χ4v) is 3.05. The Hall–Kier alpha value is -1.65. The number of benzene rings is 1. The highest BCUT2D eigenvalue weighted by molar-refractivity contribution is 6.33. The third-order valence-corrected chi connectivity index (χ3v) is 4.22. The summed E-state index contributed by atoms with van der Waals surface area (Å²) in [6, 6.07) is 4.08. The Morgan fingerprint density at radius 1 is 1.24 bits per heavy atom. The number of halogens is 1. The highest BCUT2D eigenvalue weighted by atomic mass is 35.5. The van der Waals surface area contributed by atoms with E-state index in [1.807, 2.05) is 19.9 Å². The molecular weight excluding hydrogens is 284 g/mol. The molecule has 5 heteroatoms. The summed E-state index contributed by atoms with van der Waals surface area (Å²) >= 11 is 6.42.